The topological polar surface area (TPSA) is 95.9 Å². The van der Waals surface area contributed by atoms with Crippen LogP contribution >= 0.6 is 0 Å². The van der Waals surface area contributed by atoms with Gasteiger partial charge in [-0.25, -0.2) is 12.8 Å². The number of aliphatic hydroxyl groups is 1. The minimum Gasteiger partial charge on any atom is -0.394 e. The molecule has 12 heteroatoms. The lowest BCUT2D eigenvalue weighted by Gasteiger charge is -2.41. The minimum absolute atomic E-state index is 0.0328. The van der Waals surface area contributed by atoms with Crippen LogP contribution in [-0.2, 0) is 20.8 Å². The lowest BCUT2D eigenvalue weighted by molar-refractivity contribution is -0.137. The van der Waals surface area contributed by atoms with Crippen molar-refractivity contribution in [1.82, 2.24) is 5.32 Å². The minimum atomic E-state index is -4.41. The second-order valence-electron chi connectivity index (χ2n) is 10.7. The Morgan fingerprint density at radius 1 is 1.02 bits per heavy atom. The maximum absolute atomic E-state index is 13.1. The van der Waals surface area contributed by atoms with E-state index in [9.17, 15) is 35.9 Å². The summed E-state index contributed by atoms with van der Waals surface area (Å²) in [5.41, 5.74) is 1.74. The predicted molar refractivity (Wildman–Crippen MR) is 159 cm³/mol. The summed E-state index contributed by atoms with van der Waals surface area (Å²) in [6.45, 7) is 1.29. The summed E-state index contributed by atoms with van der Waals surface area (Å²) < 4.78 is 81.6. The molecule has 3 aromatic carbocycles. The van der Waals surface area contributed by atoms with Crippen molar-refractivity contribution in [2.75, 3.05) is 43.7 Å². The number of piperidine rings is 1. The molecule has 0 aliphatic carbocycles. The SMILES string of the molecule is CCS(=O)(=O)c1ccc([C@H](CO)NC(=O)c2ccc(N3CC(c4ccc(C(F)(F)F)cc4)CC[C@H]3COCCF)cc2)cc1. The van der Waals surface area contributed by atoms with Crippen LogP contribution in [0.5, 0.6) is 0 Å². The van der Waals surface area contributed by atoms with E-state index in [0.717, 1.165) is 29.8 Å². The maximum atomic E-state index is 13.1. The molecule has 7 nitrogen and oxygen atoms in total. The number of halogens is 4. The summed E-state index contributed by atoms with van der Waals surface area (Å²) in [6, 6.07) is 17.2. The van der Waals surface area contributed by atoms with Crippen LogP contribution in [0.4, 0.5) is 23.2 Å². The number of ether oxygens (including phenoxy) is 1. The fraction of sp³-hybridized carbons (Fsp3) is 0.406. The fourth-order valence-corrected chi connectivity index (χ4v) is 6.25. The van der Waals surface area contributed by atoms with Gasteiger partial charge >= 0.3 is 6.18 Å². The van der Waals surface area contributed by atoms with Crippen LogP contribution in [0.2, 0.25) is 0 Å². The Morgan fingerprint density at radius 2 is 1.68 bits per heavy atom. The summed E-state index contributed by atoms with van der Waals surface area (Å²) in [5, 5.41) is 12.7. The zero-order chi connectivity index (χ0) is 31.9. The van der Waals surface area contributed by atoms with Crippen molar-refractivity contribution in [3.63, 3.8) is 0 Å². The largest absolute Gasteiger partial charge is 0.416 e. The number of hydrogen-bond donors (Lipinski definition) is 2. The molecule has 0 saturated carbocycles. The molecule has 0 spiro atoms. The molecule has 238 valence electrons. The number of sulfone groups is 1. The molecular formula is C32H36F4N2O5S. The number of rotatable bonds is 12. The highest BCUT2D eigenvalue weighted by molar-refractivity contribution is 7.91. The van der Waals surface area contributed by atoms with E-state index in [-0.39, 0.29) is 35.8 Å². The van der Waals surface area contributed by atoms with Crippen LogP contribution in [0, 0.1) is 0 Å². The Kier molecular flexibility index (Phi) is 11.0. The number of benzene rings is 3. The lowest BCUT2D eigenvalue weighted by atomic mass is 9.86. The van der Waals surface area contributed by atoms with Gasteiger partial charge in [-0.1, -0.05) is 31.2 Å². The van der Waals surface area contributed by atoms with Crippen LogP contribution in [0.25, 0.3) is 0 Å². The highest BCUT2D eigenvalue weighted by atomic mass is 32.2. The number of nitrogens with zero attached hydrogens (tertiary/aromatic N) is 1. The summed E-state index contributed by atoms with van der Waals surface area (Å²) in [7, 11) is -3.38. The van der Waals surface area contributed by atoms with E-state index in [1.165, 1.54) is 24.3 Å². The molecule has 1 fully saturated rings. The molecule has 4 rings (SSSR count). The maximum Gasteiger partial charge on any atom is 0.416 e. The average Bonchev–Trinajstić information content (AvgIpc) is 3.03. The third kappa shape index (κ3) is 8.16. The van der Waals surface area contributed by atoms with Gasteiger partial charge < -0.3 is 20.1 Å². The number of carbonyl (C=O) groups is 1. The number of nitrogens with one attached hydrogen (secondary N) is 1. The number of carbonyl (C=O) groups excluding carboxylic acids is 1. The first-order valence-electron chi connectivity index (χ1n) is 14.4. The summed E-state index contributed by atoms with van der Waals surface area (Å²) >= 11 is 0. The molecule has 3 atom stereocenters. The van der Waals surface area contributed by atoms with Crippen molar-refractivity contribution < 1.29 is 40.6 Å². The lowest BCUT2D eigenvalue weighted by Crippen LogP contribution is -2.45. The van der Waals surface area contributed by atoms with E-state index in [0.29, 0.717) is 24.1 Å². The van der Waals surface area contributed by atoms with Gasteiger partial charge in [-0.3, -0.25) is 4.79 Å². The van der Waals surface area contributed by atoms with Gasteiger partial charge in [-0.2, -0.15) is 13.2 Å². The van der Waals surface area contributed by atoms with Crippen LogP contribution in [0.3, 0.4) is 0 Å². The molecule has 1 saturated heterocycles. The zero-order valence-corrected chi connectivity index (χ0v) is 25.1. The molecule has 1 unspecified atom stereocenters. The van der Waals surface area contributed by atoms with Gasteiger partial charge in [-0.05, 0) is 72.5 Å². The van der Waals surface area contributed by atoms with E-state index < -0.39 is 46.8 Å². The van der Waals surface area contributed by atoms with Gasteiger partial charge in [0.15, 0.2) is 9.84 Å². The van der Waals surface area contributed by atoms with Gasteiger partial charge in [-0.15, -0.1) is 0 Å². The number of anilines is 1. The monoisotopic (exact) mass is 636 g/mol. The van der Waals surface area contributed by atoms with Crippen molar-refractivity contribution >= 4 is 21.4 Å². The van der Waals surface area contributed by atoms with Gasteiger partial charge in [0.2, 0.25) is 0 Å². The second-order valence-corrected chi connectivity index (χ2v) is 13.0. The molecule has 0 aromatic heterocycles. The first-order chi connectivity index (χ1) is 21.0. The van der Waals surface area contributed by atoms with E-state index >= 15 is 0 Å². The van der Waals surface area contributed by atoms with Gasteiger partial charge in [0, 0.05) is 23.7 Å². The molecule has 1 amide bonds. The highest BCUT2D eigenvalue weighted by Gasteiger charge is 2.32. The molecule has 3 aromatic rings. The molecule has 2 N–H and O–H groups in total. The second kappa shape index (κ2) is 14.5. The van der Waals surface area contributed by atoms with Gasteiger partial charge in [0.05, 0.1) is 48.1 Å². The highest BCUT2D eigenvalue weighted by Crippen LogP contribution is 2.36. The zero-order valence-electron chi connectivity index (χ0n) is 24.3. The molecule has 44 heavy (non-hydrogen) atoms. The predicted octanol–water partition coefficient (Wildman–Crippen LogP) is 5.70. The van der Waals surface area contributed by atoms with Crippen molar-refractivity contribution in [2.24, 2.45) is 0 Å². The first-order valence-corrected chi connectivity index (χ1v) is 16.0. The summed E-state index contributed by atoms with van der Waals surface area (Å²) in [5.74, 6) is -0.521. The Balaban J connectivity index is 1.48. The van der Waals surface area contributed by atoms with Crippen LogP contribution < -0.4 is 10.2 Å². The molecule has 1 heterocycles. The number of hydrogen-bond acceptors (Lipinski definition) is 6. The summed E-state index contributed by atoms with van der Waals surface area (Å²) in [4.78, 5) is 15.3. The summed E-state index contributed by atoms with van der Waals surface area (Å²) in [6.07, 6.45) is -3.01. The Bertz CT molecular complexity index is 1480. The number of alkyl halides is 4. The Morgan fingerprint density at radius 3 is 2.25 bits per heavy atom. The standard InChI is InChI=1S/C32H36F4N2O5S/c1-2-44(41,42)29-15-8-23(9-16-29)30(20-39)37-31(40)24-5-12-27(13-6-24)38-19-25(7-14-28(38)21-43-18-17-33)22-3-10-26(11-4-22)32(34,35)36/h3-6,8-13,15-16,25,28,30,39H,2,7,14,17-21H2,1H3,(H,37,40)/t25?,28-,30-/m0/s1. The van der Waals surface area contributed by atoms with Gasteiger partial charge in [0.25, 0.3) is 5.91 Å². The number of amides is 1. The molecular weight excluding hydrogens is 600 g/mol. The van der Waals surface area contributed by atoms with E-state index in [4.69, 9.17) is 4.74 Å². The third-order valence-electron chi connectivity index (χ3n) is 7.92. The Hall–Kier alpha value is -3.48. The van der Waals surface area contributed by atoms with Crippen molar-refractivity contribution in [3.05, 3.63) is 95.1 Å². The van der Waals surface area contributed by atoms with E-state index in [1.807, 2.05) is 0 Å². The van der Waals surface area contributed by atoms with Gasteiger partial charge in [0.1, 0.15) is 6.67 Å². The normalized spacial score (nSPS) is 18.2. The fourth-order valence-electron chi connectivity index (χ4n) is 5.36. The Labute approximate surface area is 254 Å². The van der Waals surface area contributed by atoms with E-state index in [1.54, 1.807) is 43.3 Å². The number of aliphatic hydroxyl groups excluding tert-OH is 1. The van der Waals surface area contributed by atoms with E-state index in [2.05, 4.69) is 10.2 Å². The molecule has 1 aliphatic rings. The average molecular weight is 637 g/mol. The van der Waals surface area contributed by atoms with Crippen LogP contribution in [0.15, 0.2) is 77.7 Å². The first kappa shape index (κ1) is 33.4. The van der Waals surface area contributed by atoms with Crippen molar-refractivity contribution in [3.8, 4) is 0 Å². The molecule has 0 bridgehead atoms. The smallest absolute Gasteiger partial charge is 0.394 e. The van der Waals surface area contributed by atoms with Crippen molar-refractivity contribution in [1.29, 1.82) is 0 Å². The quantitative estimate of drug-likeness (QED) is 0.196. The van der Waals surface area contributed by atoms with Crippen LogP contribution in [-0.4, -0.2) is 64.3 Å². The third-order valence-corrected chi connectivity index (χ3v) is 9.67. The van der Waals surface area contributed by atoms with Crippen molar-refractivity contribution in [2.45, 2.75) is 48.8 Å². The molecule has 0 radical (unpaired) electrons. The van der Waals surface area contributed by atoms with Crippen LogP contribution in [0.1, 0.15) is 58.8 Å². The molecule has 1 aliphatic heterocycles.